The van der Waals surface area contributed by atoms with Crippen LogP contribution in [0.4, 0.5) is 5.69 Å². The summed E-state index contributed by atoms with van der Waals surface area (Å²) in [6.07, 6.45) is 1.38. The maximum atomic E-state index is 12.9. The predicted molar refractivity (Wildman–Crippen MR) is 142 cm³/mol. The number of hydrogen-bond acceptors (Lipinski definition) is 6. The van der Waals surface area contributed by atoms with E-state index in [2.05, 4.69) is 5.32 Å². The molecular weight excluding hydrogens is 492 g/mol. The number of rotatable bonds is 7. The minimum Gasteiger partial charge on any atom is -0.497 e. The molecule has 0 radical (unpaired) electrons. The number of anilines is 1. The number of nitrogens with one attached hydrogen (secondary N) is 1. The number of methoxy groups -OCH3 is 2. The summed E-state index contributed by atoms with van der Waals surface area (Å²) in [5, 5.41) is 14.3. The van der Waals surface area contributed by atoms with Gasteiger partial charge in [-0.2, -0.15) is 5.26 Å². The van der Waals surface area contributed by atoms with Gasteiger partial charge in [0.05, 0.1) is 24.8 Å². The zero-order valence-corrected chi connectivity index (χ0v) is 20.7. The summed E-state index contributed by atoms with van der Waals surface area (Å²) < 4.78 is 15.9. The van der Waals surface area contributed by atoms with Crippen molar-refractivity contribution in [2.24, 2.45) is 0 Å². The van der Waals surface area contributed by atoms with Crippen LogP contribution in [0.15, 0.2) is 84.4 Å². The fraction of sp³-hybridized carbons (Fsp3) is 0.0690. The van der Waals surface area contributed by atoms with Crippen LogP contribution in [-0.4, -0.2) is 26.1 Å². The van der Waals surface area contributed by atoms with Gasteiger partial charge in [-0.15, -0.1) is 0 Å². The summed E-state index contributed by atoms with van der Waals surface area (Å²) in [5.74, 6) is -0.448. The highest BCUT2D eigenvalue weighted by atomic mass is 35.5. The topological polar surface area (TPSA) is 97.7 Å². The lowest BCUT2D eigenvalue weighted by atomic mass is 10.1. The molecule has 1 N–H and O–H groups in total. The van der Waals surface area contributed by atoms with Gasteiger partial charge in [0.25, 0.3) is 5.91 Å². The molecule has 4 aromatic carbocycles. The Labute approximate surface area is 218 Å². The Morgan fingerprint density at radius 2 is 1.68 bits per heavy atom. The molecule has 184 valence electrons. The first kappa shape index (κ1) is 25.3. The van der Waals surface area contributed by atoms with Crippen molar-refractivity contribution in [2.45, 2.75) is 0 Å². The van der Waals surface area contributed by atoms with E-state index in [-0.39, 0.29) is 22.1 Å². The Balaban J connectivity index is 1.58. The summed E-state index contributed by atoms with van der Waals surface area (Å²) in [5.41, 5.74) is 1.14. The smallest absolute Gasteiger partial charge is 0.343 e. The van der Waals surface area contributed by atoms with Crippen LogP contribution in [0.25, 0.3) is 16.8 Å². The summed E-state index contributed by atoms with van der Waals surface area (Å²) in [7, 11) is 2.92. The second kappa shape index (κ2) is 11.3. The van der Waals surface area contributed by atoms with E-state index in [0.29, 0.717) is 22.6 Å². The van der Waals surface area contributed by atoms with Crippen LogP contribution in [0, 0.1) is 11.3 Å². The summed E-state index contributed by atoms with van der Waals surface area (Å²) in [6, 6.07) is 24.4. The lowest BCUT2D eigenvalue weighted by molar-refractivity contribution is -0.112. The number of benzene rings is 4. The molecule has 0 spiro atoms. The molecule has 37 heavy (non-hydrogen) atoms. The lowest BCUT2D eigenvalue weighted by Crippen LogP contribution is -2.13. The number of nitrogens with zero attached hydrogens (tertiary/aromatic N) is 1. The van der Waals surface area contributed by atoms with Crippen molar-refractivity contribution in [1.82, 2.24) is 0 Å². The Bertz CT molecular complexity index is 1550. The zero-order valence-electron chi connectivity index (χ0n) is 19.9. The zero-order chi connectivity index (χ0) is 26.4. The summed E-state index contributed by atoms with van der Waals surface area (Å²) in [6.45, 7) is 0. The Morgan fingerprint density at radius 1 is 0.946 bits per heavy atom. The highest BCUT2D eigenvalue weighted by molar-refractivity contribution is 6.32. The Morgan fingerprint density at radius 3 is 2.38 bits per heavy atom. The molecule has 1 amide bonds. The number of hydrogen-bond donors (Lipinski definition) is 1. The van der Waals surface area contributed by atoms with Gasteiger partial charge in [-0.1, -0.05) is 48.0 Å². The van der Waals surface area contributed by atoms with Crippen molar-refractivity contribution < 1.29 is 23.8 Å². The van der Waals surface area contributed by atoms with E-state index in [1.165, 1.54) is 32.4 Å². The fourth-order valence-corrected chi connectivity index (χ4v) is 3.90. The summed E-state index contributed by atoms with van der Waals surface area (Å²) >= 11 is 6.40. The van der Waals surface area contributed by atoms with Crippen molar-refractivity contribution in [2.75, 3.05) is 19.5 Å². The second-order valence-corrected chi connectivity index (χ2v) is 8.21. The molecular formula is C29H21ClN2O5. The van der Waals surface area contributed by atoms with Crippen molar-refractivity contribution in [3.05, 3.63) is 101 Å². The normalized spacial score (nSPS) is 10.9. The van der Waals surface area contributed by atoms with Gasteiger partial charge in [0.1, 0.15) is 17.4 Å². The SMILES string of the molecule is COc1ccc(C(=O)Oc2c(Cl)cc(/C=C(\C#N)C(=O)Nc3cccc4ccccc34)cc2OC)cc1. The molecule has 0 fully saturated rings. The summed E-state index contributed by atoms with van der Waals surface area (Å²) in [4.78, 5) is 25.5. The Hall–Kier alpha value is -4.80. The van der Waals surface area contributed by atoms with Gasteiger partial charge >= 0.3 is 5.97 Å². The van der Waals surface area contributed by atoms with Gasteiger partial charge in [-0.05, 0) is 59.5 Å². The largest absolute Gasteiger partial charge is 0.497 e. The van der Waals surface area contributed by atoms with Crippen LogP contribution in [0.3, 0.4) is 0 Å². The molecule has 0 heterocycles. The molecule has 7 nitrogen and oxygen atoms in total. The number of carbonyl (C=O) groups excluding carboxylic acids is 2. The van der Waals surface area contributed by atoms with E-state index in [4.69, 9.17) is 25.8 Å². The van der Waals surface area contributed by atoms with Crippen LogP contribution < -0.4 is 19.5 Å². The number of halogens is 1. The number of fused-ring (bicyclic) bond motifs is 1. The molecule has 0 unspecified atom stereocenters. The minimum atomic E-state index is -0.640. The first-order valence-electron chi connectivity index (χ1n) is 11.1. The first-order chi connectivity index (χ1) is 17.9. The molecule has 8 heteroatoms. The number of nitriles is 1. The van der Waals surface area contributed by atoms with Gasteiger partial charge in [-0.3, -0.25) is 4.79 Å². The van der Waals surface area contributed by atoms with E-state index in [9.17, 15) is 14.9 Å². The highest BCUT2D eigenvalue weighted by Gasteiger charge is 2.18. The van der Waals surface area contributed by atoms with Crippen molar-refractivity contribution in [3.8, 4) is 23.3 Å². The Kier molecular flexibility index (Phi) is 7.72. The molecule has 4 aromatic rings. The minimum absolute atomic E-state index is 0.0147. The maximum Gasteiger partial charge on any atom is 0.343 e. The molecule has 0 aliphatic carbocycles. The molecule has 0 aliphatic rings. The van der Waals surface area contributed by atoms with E-state index in [1.54, 1.807) is 30.3 Å². The molecule has 0 atom stereocenters. The quantitative estimate of drug-likeness (QED) is 0.135. The van der Waals surface area contributed by atoms with Crippen LogP contribution >= 0.6 is 11.6 Å². The number of carbonyl (C=O) groups is 2. The molecule has 4 rings (SSSR count). The monoisotopic (exact) mass is 512 g/mol. The van der Waals surface area contributed by atoms with E-state index < -0.39 is 11.9 Å². The van der Waals surface area contributed by atoms with Crippen LogP contribution in [0.2, 0.25) is 5.02 Å². The van der Waals surface area contributed by atoms with Gasteiger partial charge in [0.15, 0.2) is 11.5 Å². The van der Waals surface area contributed by atoms with Gasteiger partial charge in [0, 0.05) is 11.1 Å². The number of esters is 1. The lowest BCUT2D eigenvalue weighted by Gasteiger charge is -2.13. The maximum absolute atomic E-state index is 12.9. The number of ether oxygens (including phenoxy) is 3. The van der Waals surface area contributed by atoms with Gasteiger partial charge < -0.3 is 19.5 Å². The highest BCUT2D eigenvalue weighted by Crippen LogP contribution is 2.37. The van der Waals surface area contributed by atoms with Crippen LogP contribution in [-0.2, 0) is 4.79 Å². The fourth-order valence-electron chi connectivity index (χ4n) is 3.64. The van der Waals surface area contributed by atoms with Gasteiger partial charge in [-0.25, -0.2) is 4.79 Å². The molecule has 0 saturated carbocycles. The van der Waals surface area contributed by atoms with Gasteiger partial charge in [0.2, 0.25) is 0 Å². The van der Waals surface area contributed by atoms with Crippen LogP contribution in [0.1, 0.15) is 15.9 Å². The van der Waals surface area contributed by atoms with Crippen molar-refractivity contribution in [1.29, 1.82) is 5.26 Å². The molecule has 0 saturated heterocycles. The third-order valence-electron chi connectivity index (χ3n) is 5.49. The van der Waals surface area contributed by atoms with Crippen LogP contribution in [0.5, 0.6) is 17.2 Å². The average molecular weight is 513 g/mol. The van der Waals surface area contributed by atoms with E-state index in [1.807, 2.05) is 42.5 Å². The standard InChI is InChI=1S/C29H21ClN2O5/c1-35-22-12-10-20(11-13-22)29(34)37-27-24(30)15-18(16-26(27)36-2)14-21(17-31)28(33)32-25-9-5-7-19-6-3-4-8-23(19)25/h3-16H,1-2H3,(H,32,33)/b21-14+. The third-order valence-corrected chi connectivity index (χ3v) is 5.77. The second-order valence-electron chi connectivity index (χ2n) is 7.80. The average Bonchev–Trinajstić information content (AvgIpc) is 2.93. The molecule has 0 aliphatic heterocycles. The molecule has 0 aromatic heterocycles. The van der Waals surface area contributed by atoms with E-state index in [0.717, 1.165) is 10.8 Å². The van der Waals surface area contributed by atoms with E-state index >= 15 is 0 Å². The molecule has 0 bridgehead atoms. The van der Waals surface area contributed by atoms with Crippen molar-refractivity contribution >= 4 is 46.0 Å². The predicted octanol–water partition coefficient (Wildman–Crippen LogP) is 6.28. The number of amides is 1. The third kappa shape index (κ3) is 5.72. The van der Waals surface area contributed by atoms with Crippen molar-refractivity contribution in [3.63, 3.8) is 0 Å². The first-order valence-corrected chi connectivity index (χ1v) is 11.5.